The van der Waals surface area contributed by atoms with Gasteiger partial charge in [0.25, 0.3) is 0 Å². The summed E-state index contributed by atoms with van der Waals surface area (Å²) in [6, 6.07) is 5.45. The summed E-state index contributed by atoms with van der Waals surface area (Å²) in [5.74, 6) is 0.942. The molecule has 2 atom stereocenters. The molecule has 2 saturated heterocycles. The van der Waals surface area contributed by atoms with Crippen LogP contribution in [0.3, 0.4) is 0 Å². The minimum Gasteiger partial charge on any atom is -0.474 e. The minimum atomic E-state index is -3.61. The summed E-state index contributed by atoms with van der Waals surface area (Å²) >= 11 is 0. The smallest absolute Gasteiger partial charge is 0.248 e. The second kappa shape index (κ2) is 6.10. The van der Waals surface area contributed by atoms with E-state index in [2.05, 4.69) is 10.1 Å². The summed E-state index contributed by atoms with van der Waals surface area (Å²) in [6.45, 7) is 3.31. The Hall–Kier alpha value is -1.93. The maximum Gasteiger partial charge on any atom is 0.248 e. The molecule has 2 fully saturated rings. The van der Waals surface area contributed by atoms with Crippen molar-refractivity contribution in [2.75, 3.05) is 0 Å². The third-order valence-electron chi connectivity index (χ3n) is 5.05. The number of hydrogen-bond acceptors (Lipinski definition) is 6. The molecular formula is C17H21N3O4S. The van der Waals surface area contributed by atoms with Crippen LogP contribution in [0.4, 0.5) is 0 Å². The SMILES string of the molecule is Cc1noc(C)c1S(=O)(=O)N1C2CCC1CC(Oc1ccccn1)C2. The van der Waals surface area contributed by atoms with Crippen LogP contribution in [0, 0.1) is 13.8 Å². The Labute approximate surface area is 147 Å². The van der Waals surface area contributed by atoms with Crippen molar-refractivity contribution >= 4 is 10.0 Å². The van der Waals surface area contributed by atoms with Gasteiger partial charge in [-0.1, -0.05) is 11.2 Å². The zero-order valence-electron chi connectivity index (χ0n) is 14.3. The molecule has 0 radical (unpaired) electrons. The van der Waals surface area contributed by atoms with Crippen molar-refractivity contribution in [2.45, 2.75) is 62.6 Å². The van der Waals surface area contributed by atoms with Crippen molar-refractivity contribution in [2.24, 2.45) is 0 Å². The summed E-state index contributed by atoms with van der Waals surface area (Å²) in [5, 5.41) is 3.80. The minimum absolute atomic E-state index is 0.0106. The maximum atomic E-state index is 13.2. The number of rotatable bonds is 4. The number of pyridine rings is 1. The van der Waals surface area contributed by atoms with E-state index in [1.54, 1.807) is 24.3 Å². The molecule has 4 heterocycles. The number of piperidine rings is 1. The highest BCUT2D eigenvalue weighted by atomic mass is 32.2. The van der Waals surface area contributed by atoms with E-state index in [1.165, 1.54) is 0 Å². The Kier molecular flexibility index (Phi) is 4.04. The van der Waals surface area contributed by atoms with Crippen LogP contribution >= 0.6 is 0 Å². The van der Waals surface area contributed by atoms with Gasteiger partial charge < -0.3 is 9.26 Å². The molecule has 7 nitrogen and oxygen atoms in total. The molecule has 8 heteroatoms. The first-order valence-corrected chi connectivity index (χ1v) is 9.95. The highest BCUT2D eigenvalue weighted by molar-refractivity contribution is 7.89. The Morgan fingerprint density at radius 1 is 1.20 bits per heavy atom. The lowest BCUT2D eigenvalue weighted by Gasteiger charge is -2.37. The number of hydrogen-bond donors (Lipinski definition) is 0. The third kappa shape index (κ3) is 2.83. The van der Waals surface area contributed by atoms with Gasteiger partial charge in [0.15, 0.2) is 5.76 Å². The third-order valence-corrected chi connectivity index (χ3v) is 7.30. The Morgan fingerprint density at radius 3 is 2.48 bits per heavy atom. The van der Waals surface area contributed by atoms with Crippen LogP contribution in [0.1, 0.15) is 37.1 Å². The van der Waals surface area contributed by atoms with Crippen molar-refractivity contribution in [3.63, 3.8) is 0 Å². The fourth-order valence-electron chi connectivity index (χ4n) is 4.11. The lowest BCUT2D eigenvalue weighted by molar-refractivity contribution is 0.0918. The van der Waals surface area contributed by atoms with E-state index < -0.39 is 10.0 Å². The average Bonchev–Trinajstić information content (AvgIpc) is 3.06. The van der Waals surface area contributed by atoms with Crippen LogP contribution in [-0.2, 0) is 10.0 Å². The first-order chi connectivity index (χ1) is 12.0. The van der Waals surface area contributed by atoms with Gasteiger partial charge in [-0.25, -0.2) is 13.4 Å². The second-order valence-electron chi connectivity index (χ2n) is 6.75. The molecule has 2 aromatic rings. The monoisotopic (exact) mass is 363 g/mol. The molecule has 2 unspecified atom stereocenters. The largest absolute Gasteiger partial charge is 0.474 e. The van der Waals surface area contributed by atoms with Gasteiger partial charge in [-0.05, 0) is 32.8 Å². The van der Waals surface area contributed by atoms with E-state index in [0.717, 1.165) is 12.8 Å². The zero-order chi connectivity index (χ0) is 17.6. The molecule has 134 valence electrons. The van der Waals surface area contributed by atoms with Crippen LogP contribution in [0.2, 0.25) is 0 Å². The predicted molar refractivity (Wildman–Crippen MR) is 89.7 cm³/mol. The molecule has 0 aliphatic carbocycles. The molecule has 0 N–H and O–H groups in total. The van der Waals surface area contributed by atoms with Gasteiger partial charge in [0.05, 0.1) is 0 Å². The summed E-state index contributed by atoms with van der Waals surface area (Å²) in [5.41, 5.74) is 0.420. The number of nitrogens with zero attached hydrogens (tertiary/aromatic N) is 3. The average molecular weight is 363 g/mol. The summed E-state index contributed by atoms with van der Waals surface area (Å²) in [4.78, 5) is 4.42. The molecular weight excluding hydrogens is 342 g/mol. The molecule has 0 amide bonds. The standard InChI is InChI=1S/C17H21N3O4S/c1-11-17(12(2)24-19-11)25(21,22)20-13-6-7-14(20)10-15(9-13)23-16-5-3-4-8-18-16/h3-5,8,13-15H,6-7,9-10H2,1-2H3. The van der Waals surface area contributed by atoms with Crippen molar-refractivity contribution in [3.8, 4) is 5.88 Å². The van der Waals surface area contributed by atoms with E-state index in [-0.39, 0.29) is 23.1 Å². The van der Waals surface area contributed by atoms with E-state index in [1.807, 2.05) is 18.2 Å². The van der Waals surface area contributed by atoms with Gasteiger partial charge in [-0.2, -0.15) is 4.31 Å². The summed E-state index contributed by atoms with van der Waals surface area (Å²) in [7, 11) is -3.61. The lowest BCUT2D eigenvalue weighted by Crippen LogP contribution is -2.49. The zero-order valence-corrected chi connectivity index (χ0v) is 15.1. The normalized spacial score (nSPS) is 26.7. The molecule has 25 heavy (non-hydrogen) atoms. The van der Waals surface area contributed by atoms with Gasteiger partial charge in [0.2, 0.25) is 15.9 Å². The fourth-order valence-corrected chi connectivity index (χ4v) is 6.30. The molecule has 2 aliphatic heterocycles. The Bertz CT molecular complexity index is 832. The summed E-state index contributed by atoms with van der Waals surface area (Å²) in [6.07, 6.45) is 4.75. The van der Waals surface area contributed by atoms with Crippen LogP contribution in [0.25, 0.3) is 0 Å². The quantitative estimate of drug-likeness (QED) is 0.829. The fraction of sp³-hybridized carbons (Fsp3) is 0.529. The van der Waals surface area contributed by atoms with Crippen molar-refractivity contribution in [1.29, 1.82) is 0 Å². The molecule has 0 saturated carbocycles. The van der Waals surface area contributed by atoms with Crippen LogP contribution in [0.5, 0.6) is 5.88 Å². The van der Waals surface area contributed by atoms with E-state index in [4.69, 9.17) is 9.26 Å². The van der Waals surface area contributed by atoms with E-state index in [0.29, 0.717) is 30.2 Å². The highest BCUT2D eigenvalue weighted by Gasteiger charge is 2.49. The van der Waals surface area contributed by atoms with Gasteiger partial charge in [0.1, 0.15) is 16.7 Å². The molecule has 2 bridgehead atoms. The maximum absolute atomic E-state index is 13.2. The van der Waals surface area contributed by atoms with Crippen LogP contribution < -0.4 is 4.74 Å². The van der Waals surface area contributed by atoms with Crippen molar-refractivity contribution in [3.05, 3.63) is 35.9 Å². The molecule has 2 aliphatic rings. The Morgan fingerprint density at radius 2 is 1.92 bits per heavy atom. The highest BCUT2D eigenvalue weighted by Crippen LogP contribution is 2.41. The Balaban J connectivity index is 1.57. The topological polar surface area (TPSA) is 85.5 Å². The van der Waals surface area contributed by atoms with Gasteiger partial charge >= 0.3 is 0 Å². The molecule has 0 aromatic carbocycles. The van der Waals surface area contributed by atoms with Crippen molar-refractivity contribution in [1.82, 2.24) is 14.4 Å². The first-order valence-electron chi connectivity index (χ1n) is 8.51. The predicted octanol–water partition coefficient (Wildman–Crippen LogP) is 2.45. The van der Waals surface area contributed by atoms with Crippen molar-refractivity contribution < 1.29 is 17.7 Å². The van der Waals surface area contributed by atoms with Gasteiger partial charge in [-0.3, -0.25) is 0 Å². The molecule has 2 aromatic heterocycles. The number of aromatic nitrogens is 2. The van der Waals surface area contributed by atoms with E-state index in [9.17, 15) is 8.42 Å². The lowest BCUT2D eigenvalue weighted by atomic mass is 10.0. The molecule has 0 spiro atoms. The second-order valence-corrected chi connectivity index (χ2v) is 8.53. The number of aryl methyl sites for hydroxylation is 2. The number of sulfonamides is 1. The van der Waals surface area contributed by atoms with Crippen LogP contribution in [-0.4, -0.2) is 41.1 Å². The number of ether oxygens (including phenoxy) is 1. The van der Waals surface area contributed by atoms with Gasteiger partial charge in [-0.15, -0.1) is 0 Å². The van der Waals surface area contributed by atoms with Crippen LogP contribution in [0.15, 0.2) is 33.8 Å². The van der Waals surface area contributed by atoms with Gasteiger partial charge in [0, 0.05) is 37.2 Å². The first kappa shape index (κ1) is 16.5. The van der Waals surface area contributed by atoms with E-state index >= 15 is 0 Å². The molecule has 4 rings (SSSR count). The summed E-state index contributed by atoms with van der Waals surface area (Å²) < 4.78 is 39.1. The number of fused-ring (bicyclic) bond motifs is 2.